The van der Waals surface area contributed by atoms with Gasteiger partial charge >= 0.3 is 0 Å². The Bertz CT molecular complexity index is 418. The minimum absolute atomic E-state index is 0.0817. The number of rotatable bonds is 5. The highest BCUT2D eigenvalue weighted by Gasteiger charge is 2.26. The molecule has 0 radical (unpaired) electrons. The van der Waals surface area contributed by atoms with Gasteiger partial charge in [0.25, 0.3) is 0 Å². The van der Waals surface area contributed by atoms with Gasteiger partial charge in [0.1, 0.15) is 0 Å². The van der Waals surface area contributed by atoms with Crippen molar-refractivity contribution in [1.82, 2.24) is 9.80 Å². The molecule has 0 saturated carbocycles. The van der Waals surface area contributed by atoms with E-state index in [0.29, 0.717) is 12.2 Å². The smallest absolute Gasteiger partial charge is 0.151 e. The first-order valence-corrected chi connectivity index (χ1v) is 7.62. The highest BCUT2D eigenvalue weighted by Crippen LogP contribution is 2.12. The summed E-state index contributed by atoms with van der Waals surface area (Å²) in [5.74, 6) is 0.400. The van der Waals surface area contributed by atoms with E-state index in [1.165, 1.54) is 5.56 Å². The molecule has 1 aliphatic heterocycles. The van der Waals surface area contributed by atoms with Gasteiger partial charge in [0.05, 0.1) is 6.04 Å². The Labute approximate surface area is 122 Å². The van der Waals surface area contributed by atoms with Crippen molar-refractivity contribution in [3.63, 3.8) is 0 Å². The number of benzene rings is 1. The number of aryl methyl sites for hydroxylation is 1. The monoisotopic (exact) mass is 274 g/mol. The normalized spacial score (nSPS) is 21.6. The van der Waals surface area contributed by atoms with Crippen LogP contribution in [0.5, 0.6) is 0 Å². The van der Waals surface area contributed by atoms with Crippen LogP contribution < -0.4 is 0 Å². The van der Waals surface area contributed by atoms with Gasteiger partial charge in [-0.2, -0.15) is 0 Å². The van der Waals surface area contributed by atoms with E-state index in [2.05, 4.69) is 48.2 Å². The summed E-state index contributed by atoms with van der Waals surface area (Å²) < 4.78 is 0. The third-order valence-corrected chi connectivity index (χ3v) is 4.17. The number of hydrogen-bond acceptors (Lipinski definition) is 3. The van der Waals surface area contributed by atoms with Crippen LogP contribution >= 0.6 is 0 Å². The van der Waals surface area contributed by atoms with E-state index >= 15 is 0 Å². The van der Waals surface area contributed by atoms with Crippen LogP contribution in [0.3, 0.4) is 0 Å². The molecular weight excluding hydrogens is 248 g/mol. The third-order valence-electron chi connectivity index (χ3n) is 4.17. The second kappa shape index (κ2) is 7.55. The molecule has 0 bridgehead atoms. The molecule has 1 unspecified atom stereocenters. The summed E-state index contributed by atoms with van der Waals surface area (Å²) >= 11 is 0. The molecular formula is C17H26N2O. The molecule has 3 nitrogen and oxygen atoms in total. The van der Waals surface area contributed by atoms with E-state index in [4.69, 9.17) is 0 Å². The van der Waals surface area contributed by atoms with E-state index in [0.717, 1.165) is 38.9 Å². The molecule has 1 aliphatic rings. The van der Waals surface area contributed by atoms with Gasteiger partial charge in [-0.3, -0.25) is 9.69 Å². The van der Waals surface area contributed by atoms with E-state index < -0.39 is 0 Å². The van der Waals surface area contributed by atoms with Gasteiger partial charge in [-0.05, 0) is 52.0 Å². The van der Waals surface area contributed by atoms with Crippen LogP contribution in [0, 0.1) is 0 Å². The van der Waals surface area contributed by atoms with Crippen molar-refractivity contribution in [3.05, 3.63) is 35.9 Å². The Kier molecular flexibility index (Phi) is 5.74. The minimum Gasteiger partial charge on any atom is -0.304 e. The maximum atomic E-state index is 12.4. The largest absolute Gasteiger partial charge is 0.304 e. The van der Waals surface area contributed by atoms with E-state index in [1.54, 1.807) is 0 Å². The Hall–Kier alpha value is -1.19. The van der Waals surface area contributed by atoms with Crippen molar-refractivity contribution >= 4 is 5.78 Å². The van der Waals surface area contributed by atoms with Crippen LogP contribution in [0.2, 0.25) is 0 Å². The quantitative estimate of drug-likeness (QED) is 0.822. The lowest BCUT2D eigenvalue weighted by molar-refractivity contribution is -0.124. The molecule has 0 spiro atoms. The molecule has 1 aromatic rings. The fourth-order valence-corrected chi connectivity index (χ4v) is 2.90. The first kappa shape index (κ1) is 15.2. The Morgan fingerprint density at radius 3 is 2.70 bits per heavy atom. The lowest BCUT2D eigenvalue weighted by Gasteiger charge is -2.26. The van der Waals surface area contributed by atoms with Gasteiger partial charge in [0.2, 0.25) is 0 Å². The second-order valence-corrected chi connectivity index (χ2v) is 5.92. The van der Waals surface area contributed by atoms with E-state index in [9.17, 15) is 4.79 Å². The number of hydrogen-bond donors (Lipinski definition) is 0. The number of carbonyl (C=O) groups is 1. The van der Waals surface area contributed by atoms with Crippen molar-refractivity contribution in [1.29, 1.82) is 0 Å². The number of ketones is 1. The summed E-state index contributed by atoms with van der Waals surface area (Å²) in [7, 11) is 4.20. The van der Waals surface area contributed by atoms with Gasteiger partial charge in [-0.15, -0.1) is 0 Å². The maximum absolute atomic E-state index is 12.4. The average molecular weight is 274 g/mol. The topological polar surface area (TPSA) is 23.6 Å². The van der Waals surface area contributed by atoms with Gasteiger partial charge in [-0.1, -0.05) is 30.3 Å². The summed E-state index contributed by atoms with van der Waals surface area (Å²) in [4.78, 5) is 16.9. The zero-order valence-corrected chi connectivity index (χ0v) is 12.7. The number of Topliss-reactive ketones (excluding diaryl/α,β-unsaturated/α-hetero) is 1. The fraction of sp³-hybridized carbons (Fsp3) is 0.588. The lowest BCUT2D eigenvalue weighted by atomic mass is 10.0. The van der Waals surface area contributed by atoms with Crippen molar-refractivity contribution < 1.29 is 4.79 Å². The molecule has 1 fully saturated rings. The second-order valence-electron chi connectivity index (χ2n) is 5.92. The van der Waals surface area contributed by atoms with Crippen LogP contribution in [-0.2, 0) is 11.2 Å². The van der Waals surface area contributed by atoms with E-state index in [1.807, 2.05) is 6.07 Å². The first-order chi connectivity index (χ1) is 9.66. The number of likely N-dealkylation sites (N-methyl/N-ethyl adjacent to an activating group) is 2. The van der Waals surface area contributed by atoms with Crippen molar-refractivity contribution in [2.45, 2.75) is 31.7 Å². The Balaban J connectivity index is 1.81. The molecule has 2 rings (SSSR count). The first-order valence-electron chi connectivity index (χ1n) is 7.62. The fourth-order valence-electron chi connectivity index (χ4n) is 2.90. The van der Waals surface area contributed by atoms with Crippen LogP contribution in [0.15, 0.2) is 30.3 Å². The molecule has 0 amide bonds. The molecule has 20 heavy (non-hydrogen) atoms. The molecule has 1 aromatic carbocycles. The van der Waals surface area contributed by atoms with Gasteiger partial charge in [0, 0.05) is 13.0 Å². The van der Waals surface area contributed by atoms with Gasteiger partial charge < -0.3 is 4.90 Å². The molecule has 0 aromatic heterocycles. The van der Waals surface area contributed by atoms with Gasteiger partial charge in [0.15, 0.2) is 5.78 Å². The number of nitrogens with zero attached hydrogens (tertiary/aromatic N) is 2. The summed E-state index contributed by atoms with van der Waals surface area (Å²) in [5.41, 5.74) is 1.33. The zero-order chi connectivity index (χ0) is 14.4. The maximum Gasteiger partial charge on any atom is 0.151 e. The minimum atomic E-state index is 0.0817. The van der Waals surface area contributed by atoms with E-state index in [-0.39, 0.29) is 6.04 Å². The lowest BCUT2D eigenvalue weighted by Crippen LogP contribution is -2.43. The summed E-state index contributed by atoms with van der Waals surface area (Å²) in [6, 6.07) is 10.5. The highest BCUT2D eigenvalue weighted by atomic mass is 16.1. The molecule has 0 N–H and O–H groups in total. The molecule has 0 aliphatic carbocycles. The average Bonchev–Trinajstić information content (AvgIpc) is 2.61. The van der Waals surface area contributed by atoms with Crippen molar-refractivity contribution in [3.8, 4) is 0 Å². The van der Waals surface area contributed by atoms with Crippen LogP contribution in [0.25, 0.3) is 0 Å². The predicted octanol–water partition coefficient (Wildman–Crippen LogP) is 2.21. The molecule has 3 heteroatoms. The van der Waals surface area contributed by atoms with Crippen LogP contribution in [-0.4, -0.2) is 55.4 Å². The predicted molar refractivity (Wildman–Crippen MR) is 82.9 cm³/mol. The summed E-state index contributed by atoms with van der Waals surface area (Å²) in [5, 5.41) is 0. The Morgan fingerprint density at radius 1 is 1.20 bits per heavy atom. The third kappa shape index (κ3) is 4.43. The van der Waals surface area contributed by atoms with Crippen LogP contribution in [0.1, 0.15) is 24.8 Å². The highest BCUT2D eigenvalue weighted by molar-refractivity contribution is 5.84. The summed E-state index contributed by atoms with van der Waals surface area (Å²) in [6.45, 7) is 3.00. The zero-order valence-electron chi connectivity index (χ0n) is 12.7. The van der Waals surface area contributed by atoms with Crippen LogP contribution in [0.4, 0.5) is 0 Å². The number of carbonyl (C=O) groups excluding carboxylic acids is 1. The van der Waals surface area contributed by atoms with Crippen molar-refractivity contribution in [2.75, 3.05) is 33.7 Å². The van der Waals surface area contributed by atoms with Crippen molar-refractivity contribution in [2.24, 2.45) is 0 Å². The van der Waals surface area contributed by atoms with Gasteiger partial charge in [-0.25, -0.2) is 0 Å². The SMILES string of the molecule is CN1CCCN(C)C(C(=O)CCCc2ccccc2)C1. The Morgan fingerprint density at radius 2 is 1.95 bits per heavy atom. The summed E-state index contributed by atoms with van der Waals surface area (Å²) in [6.07, 6.45) is 3.80. The molecule has 1 atom stereocenters. The molecule has 1 saturated heterocycles. The standard InChI is InChI=1S/C17H26N2O/c1-18-12-7-13-19(2)16(14-18)17(20)11-6-10-15-8-4-3-5-9-15/h3-5,8-9,16H,6-7,10-14H2,1-2H3. The molecule has 110 valence electrons. The molecule has 1 heterocycles.